The summed E-state index contributed by atoms with van der Waals surface area (Å²) >= 11 is 0. The summed E-state index contributed by atoms with van der Waals surface area (Å²) in [6.45, 7) is 7.81. The van der Waals surface area contributed by atoms with Gasteiger partial charge in [-0.1, -0.05) is 13.8 Å². The zero-order chi connectivity index (χ0) is 9.64. The van der Waals surface area contributed by atoms with Crippen molar-refractivity contribution < 1.29 is 0 Å². The van der Waals surface area contributed by atoms with Crippen LogP contribution in [0.1, 0.15) is 31.1 Å². The number of aromatic nitrogens is 2. The number of hydrogen-bond donors (Lipinski definition) is 1. The van der Waals surface area contributed by atoms with Gasteiger partial charge in [0, 0.05) is 30.9 Å². The lowest BCUT2D eigenvalue weighted by molar-refractivity contribution is 0.127. The van der Waals surface area contributed by atoms with E-state index >= 15 is 0 Å². The second-order valence-corrected chi connectivity index (χ2v) is 4.61. The largest absolute Gasteiger partial charge is 0.309 e. The maximum atomic E-state index is 4.26. The quantitative estimate of drug-likeness (QED) is 0.706. The molecule has 1 aliphatic heterocycles. The minimum Gasteiger partial charge on any atom is -0.309 e. The van der Waals surface area contributed by atoms with Crippen molar-refractivity contribution in [3.05, 3.63) is 17.5 Å². The summed E-state index contributed by atoms with van der Waals surface area (Å²) in [5.41, 5.74) is 3.00. The molecule has 0 aromatic carbocycles. The zero-order valence-corrected chi connectivity index (χ0v) is 8.76. The summed E-state index contributed by atoms with van der Waals surface area (Å²) in [7, 11) is 1.99. The van der Waals surface area contributed by atoms with Crippen LogP contribution in [-0.4, -0.2) is 16.3 Å². The smallest absolute Gasteiger partial charge is 0.0540 e. The highest BCUT2D eigenvalue weighted by molar-refractivity contribution is 5.25. The van der Waals surface area contributed by atoms with E-state index < -0.39 is 0 Å². The first-order valence-corrected chi connectivity index (χ1v) is 4.74. The molecule has 1 saturated heterocycles. The standard InChI is InChI=1S/C10H17N3/c1-7-8(5-12-13(7)4)9-10(2,3)6-11-9/h5,9,11H,6H2,1-4H3. The molecule has 2 rings (SSSR count). The van der Waals surface area contributed by atoms with E-state index in [1.165, 1.54) is 11.3 Å². The van der Waals surface area contributed by atoms with Gasteiger partial charge in [0.1, 0.15) is 0 Å². The van der Waals surface area contributed by atoms with Gasteiger partial charge in [-0.2, -0.15) is 5.10 Å². The molecule has 1 aromatic heterocycles. The van der Waals surface area contributed by atoms with Crippen LogP contribution in [0.3, 0.4) is 0 Å². The summed E-state index contributed by atoms with van der Waals surface area (Å²) in [5, 5.41) is 7.71. The molecule has 1 aliphatic rings. The highest BCUT2D eigenvalue weighted by Crippen LogP contribution is 2.40. The van der Waals surface area contributed by atoms with Crippen LogP contribution < -0.4 is 5.32 Å². The Morgan fingerprint density at radius 3 is 2.62 bits per heavy atom. The van der Waals surface area contributed by atoms with Crippen LogP contribution in [0.5, 0.6) is 0 Å². The van der Waals surface area contributed by atoms with Gasteiger partial charge in [0.15, 0.2) is 0 Å². The van der Waals surface area contributed by atoms with Crippen molar-refractivity contribution in [3.63, 3.8) is 0 Å². The van der Waals surface area contributed by atoms with E-state index in [4.69, 9.17) is 0 Å². The molecular formula is C10H17N3. The third-order valence-electron chi connectivity index (χ3n) is 3.13. The Balaban J connectivity index is 2.31. The summed E-state index contributed by atoms with van der Waals surface area (Å²) in [4.78, 5) is 0. The van der Waals surface area contributed by atoms with E-state index in [-0.39, 0.29) is 0 Å². The van der Waals surface area contributed by atoms with Crippen molar-refractivity contribution in [2.24, 2.45) is 12.5 Å². The first-order valence-electron chi connectivity index (χ1n) is 4.74. The van der Waals surface area contributed by atoms with Gasteiger partial charge in [-0.05, 0) is 12.3 Å². The maximum absolute atomic E-state index is 4.26. The minimum absolute atomic E-state index is 0.383. The Hall–Kier alpha value is -0.830. The molecule has 1 atom stereocenters. The normalized spacial score (nSPS) is 25.7. The molecule has 72 valence electrons. The van der Waals surface area contributed by atoms with Crippen LogP contribution in [0.15, 0.2) is 6.20 Å². The molecular weight excluding hydrogens is 162 g/mol. The number of nitrogens with one attached hydrogen (secondary N) is 1. The average Bonchev–Trinajstić information content (AvgIpc) is 2.35. The molecule has 13 heavy (non-hydrogen) atoms. The first-order chi connectivity index (χ1) is 6.02. The molecule has 1 fully saturated rings. The number of nitrogens with zero attached hydrogens (tertiary/aromatic N) is 2. The van der Waals surface area contributed by atoms with Gasteiger partial charge < -0.3 is 5.32 Å². The average molecular weight is 179 g/mol. The Labute approximate surface area is 79.1 Å². The molecule has 1 N–H and O–H groups in total. The van der Waals surface area contributed by atoms with Crippen LogP contribution >= 0.6 is 0 Å². The Bertz CT molecular complexity index is 325. The lowest BCUT2D eigenvalue weighted by Gasteiger charge is -2.45. The van der Waals surface area contributed by atoms with Crippen LogP contribution in [0, 0.1) is 12.3 Å². The Morgan fingerprint density at radius 2 is 2.31 bits per heavy atom. The van der Waals surface area contributed by atoms with Crippen LogP contribution in [0.4, 0.5) is 0 Å². The van der Waals surface area contributed by atoms with Crippen molar-refractivity contribution in [2.75, 3.05) is 6.54 Å². The number of rotatable bonds is 1. The fraction of sp³-hybridized carbons (Fsp3) is 0.700. The van der Waals surface area contributed by atoms with Gasteiger partial charge in [0.25, 0.3) is 0 Å². The predicted molar refractivity (Wildman–Crippen MR) is 52.5 cm³/mol. The summed E-state index contributed by atoms with van der Waals surface area (Å²) in [5.74, 6) is 0. The topological polar surface area (TPSA) is 29.9 Å². The molecule has 0 aliphatic carbocycles. The molecule has 0 bridgehead atoms. The SMILES string of the molecule is Cc1c(C2NCC2(C)C)cnn1C. The van der Waals surface area contributed by atoms with E-state index in [1.54, 1.807) is 0 Å². The van der Waals surface area contributed by atoms with Crippen molar-refractivity contribution >= 4 is 0 Å². The van der Waals surface area contributed by atoms with Gasteiger partial charge in [-0.15, -0.1) is 0 Å². The summed E-state index contributed by atoms with van der Waals surface area (Å²) in [6.07, 6.45) is 1.98. The highest BCUT2D eigenvalue weighted by atomic mass is 15.3. The van der Waals surface area contributed by atoms with Gasteiger partial charge >= 0.3 is 0 Å². The van der Waals surface area contributed by atoms with Gasteiger partial charge in [0.2, 0.25) is 0 Å². The lowest BCUT2D eigenvalue weighted by Crippen LogP contribution is -2.52. The van der Waals surface area contributed by atoms with Crippen molar-refractivity contribution in [1.82, 2.24) is 15.1 Å². The Morgan fingerprint density at radius 1 is 1.62 bits per heavy atom. The van der Waals surface area contributed by atoms with Crippen molar-refractivity contribution in [3.8, 4) is 0 Å². The van der Waals surface area contributed by atoms with E-state index in [0.717, 1.165) is 6.54 Å². The number of hydrogen-bond acceptors (Lipinski definition) is 2. The highest BCUT2D eigenvalue weighted by Gasteiger charge is 2.40. The molecule has 1 aromatic rings. The van der Waals surface area contributed by atoms with E-state index in [9.17, 15) is 0 Å². The van der Waals surface area contributed by atoms with E-state index in [2.05, 4.69) is 31.2 Å². The van der Waals surface area contributed by atoms with Crippen LogP contribution in [0.25, 0.3) is 0 Å². The van der Waals surface area contributed by atoms with Crippen LogP contribution in [-0.2, 0) is 7.05 Å². The summed E-state index contributed by atoms with van der Waals surface area (Å²) in [6, 6.07) is 0.487. The van der Waals surface area contributed by atoms with Crippen LogP contribution in [0.2, 0.25) is 0 Å². The van der Waals surface area contributed by atoms with Crippen molar-refractivity contribution in [2.45, 2.75) is 26.8 Å². The third kappa shape index (κ3) is 1.18. The van der Waals surface area contributed by atoms with Crippen molar-refractivity contribution in [1.29, 1.82) is 0 Å². The fourth-order valence-corrected chi connectivity index (χ4v) is 1.94. The molecule has 3 heteroatoms. The predicted octanol–water partition coefficient (Wildman–Crippen LogP) is 1.40. The van der Waals surface area contributed by atoms with Gasteiger partial charge in [-0.3, -0.25) is 4.68 Å². The molecule has 3 nitrogen and oxygen atoms in total. The fourth-order valence-electron chi connectivity index (χ4n) is 1.94. The molecule has 1 unspecified atom stereocenters. The Kier molecular flexibility index (Phi) is 1.74. The van der Waals surface area contributed by atoms with E-state index in [0.29, 0.717) is 11.5 Å². The molecule has 0 radical (unpaired) electrons. The molecule has 0 saturated carbocycles. The lowest BCUT2D eigenvalue weighted by atomic mass is 9.74. The molecule has 0 amide bonds. The molecule has 2 heterocycles. The molecule has 0 spiro atoms. The second kappa shape index (κ2) is 2.58. The summed E-state index contributed by atoms with van der Waals surface area (Å²) < 4.78 is 1.94. The minimum atomic E-state index is 0.383. The second-order valence-electron chi connectivity index (χ2n) is 4.61. The maximum Gasteiger partial charge on any atom is 0.0540 e. The van der Waals surface area contributed by atoms with E-state index in [1.807, 2.05) is 17.9 Å². The van der Waals surface area contributed by atoms with Gasteiger partial charge in [0.05, 0.1) is 6.20 Å². The first kappa shape index (κ1) is 8.75. The monoisotopic (exact) mass is 179 g/mol. The third-order valence-corrected chi connectivity index (χ3v) is 3.13. The van der Waals surface area contributed by atoms with Gasteiger partial charge in [-0.25, -0.2) is 0 Å². The zero-order valence-electron chi connectivity index (χ0n) is 8.76. The number of aryl methyl sites for hydroxylation is 1.